The molecule has 5 nitrogen and oxygen atoms in total. The molecule has 1 saturated carbocycles. The van der Waals surface area contributed by atoms with Gasteiger partial charge in [-0.3, -0.25) is 4.90 Å². The fourth-order valence-corrected chi connectivity index (χ4v) is 3.46. The topological polar surface area (TPSA) is 61.8 Å². The third kappa shape index (κ3) is 5.43. The molecule has 0 bridgehead atoms. The first kappa shape index (κ1) is 17.5. The van der Waals surface area contributed by atoms with Crippen LogP contribution in [0, 0.1) is 5.92 Å². The van der Waals surface area contributed by atoms with E-state index in [4.69, 9.17) is 9.84 Å². The van der Waals surface area contributed by atoms with Gasteiger partial charge in [0.15, 0.2) is 0 Å². The monoisotopic (exact) mass is 312 g/mol. The van der Waals surface area contributed by atoms with E-state index in [1.165, 1.54) is 19.3 Å². The van der Waals surface area contributed by atoms with Crippen molar-refractivity contribution in [1.29, 1.82) is 0 Å². The van der Waals surface area contributed by atoms with Gasteiger partial charge in [0.05, 0.1) is 0 Å². The van der Waals surface area contributed by atoms with Crippen molar-refractivity contribution in [3.8, 4) is 0 Å². The number of carbonyl (C=O) groups excluding carboxylic acids is 1. The smallest absolute Gasteiger partial charge is 0.407 e. The van der Waals surface area contributed by atoms with Gasteiger partial charge in [0.2, 0.25) is 0 Å². The molecule has 5 heteroatoms. The minimum Gasteiger partial charge on any atom is -0.444 e. The molecule has 1 saturated heterocycles. The zero-order valence-corrected chi connectivity index (χ0v) is 14.3. The van der Waals surface area contributed by atoms with E-state index in [2.05, 4.69) is 10.2 Å². The number of piperidine rings is 1. The van der Waals surface area contributed by atoms with Crippen molar-refractivity contribution < 1.29 is 14.6 Å². The minimum absolute atomic E-state index is 0.160. The molecule has 2 rings (SSSR count). The number of hydrogen-bond acceptors (Lipinski definition) is 4. The normalized spacial score (nSPS) is 27.3. The van der Waals surface area contributed by atoms with Crippen molar-refractivity contribution in [2.75, 3.05) is 19.7 Å². The highest BCUT2D eigenvalue weighted by Gasteiger charge is 2.34. The predicted octanol–water partition coefficient (Wildman–Crippen LogP) is 2.53. The van der Waals surface area contributed by atoms with Gasteiger partial charge < -0.3 is 15.2 Å². The van der Waals surface area contributed by atoms with Crippen LogP contribution < -0.4 is 5.32 Å². The van der Waals surface area contributed by atoms with Crippen LogP contribution in [0.3, 0.4) is 0 Å². The summed E-state index contributed by atoms with van der Waals surface area (Å²) in [6.45, 7) is 7.95. The molecule has 0 aromatic heterocycles. The second-order valence-corrected chi connectivity index (χ2v) is 7.85. The van der Waals surface area contributed by atoms with E-state index < -0.39 is 5.60 Å². The second kappa shape index (κ2) is 7.64. The van der Waals surface area contributed by atoms with E-state index in [1.54, 1.807) is 0 Å². The molecule has 0 aromatic rings. The molecule has 2 unspecified atom stereocenters. The van der Waals surface area contributed by atoms with Crippen LogP contribution in [0.4, 0.5) is 4.79 Å². The number of likely N-dealkylation sites (tertiary alicyclic amines) is 1. The molecule has 22 heavy (non-hydrogen) atoms. The molecule has 0 aromatic carbocycles. The van der Waals surface area contributed by atoms with Gasteiger partial charge in [-0.05, 0) is 58.8 Å². The molecule has 128 valence electrons. The lowest BCUT2D eigenvalue weighted by molar-refractivity contribution is 0.0319. The third-order valence-corrected chi connectivity index (χ3v) is 4.65. The van der Waals surface area contributed by atoms with E-state index in [-0.39, 0.29) is 18.7 Å². The molecule has 1 heterocycles. The molecule has 1 aliphatic heterocycles. The average molecular weight is 312 g/mol. The van der Waals surface area contributed by atoms with E-state index in [0.29, 0.717) is 12.0 Å². The van der Waals surface area contributed by atoms with Gasteiger partial charge in [-0.25, -0.2) is 4.79 Å². The summed E-state index contributed by atoms with van der Waals surface area (Å²) in [6.07, 6.45) is 6.45. The highest BCUT2D eigenvalue weighted by molar-refractivity contribution is 5.68. The number of amides is 1. The van der Waals surface area contributed by atoms with Gasteiger partial charge in [0, 0.05) is 31.8 Å². The standard InChI is InChI=1S/C17H32N2O3/c1-17(2,3)22-16(21)18-14-10-13(6-5-9-20)11-19(12-14)15-7-4-8-15/h13-15,20H,4-12H2,1-3H3,(H,18,21). The SMILES string of the molecule is CC(C)(C)OC(=O)NC1CC(CCCO)CN(C2CCC2)C1. The van der Waals surface area contributed by atoms with Crippen molar-refractivity contribution >= 4 is 6.09 Å². The Bertz CT molecular complexity index is 363. The van der Waals surface area contributed by atoms with Crippen LogP contribution in [0.15, 0.2) is 0 Å². The fourth-order valence-electron chi connectivity index (χ4n) is 3.46. The molecule has 2 fully saturated rings. The average Bonchev–Trinajstić information content (AvgIpc) is 2.31. The zero-order valence-electron chi connectivity index (χ0n) is 14.3. The van der Waals surface area contributed by atoms with E-state index in [0.717, 1.165) is 32.4 Å². The molecule has 0 spiro atoms. The van der Waals surface area contributed by atoms with Crippen LogP contribution in [0.25, 0.3) is 0 Å². The Kier molecular flexibility index (Phi) is 6.09. The zero-order chi connectivity index (χ0) is 16.2. The lowest BCUT2D eigenvalue weighted by atomic mass is 9.85. The maximum absolute atomic E-state index is 12.0. The summed E-state index contributed by atoms with van der Waals surface area (Å²) in [6, 6.07) is 0.854. The van der Waals surface area contributed by atoms with Crippen LogP contribution >= 0.6 is 0 Å². The number of nitrogens with zero attached hydrogens (tertiary/aromatic N) is 1. The summed E-state index contributed by atoms with van der Waals surface area (Å²) >= 11 is 0. The highest BCUT2D eigenvalue weighted by Crippen LogP contribution is 2.30. The van der Waals surface area contributed by atoms with Crippen LogP contribution in [-0.2, 0) is 4.74 Å². The largest absolute Gasteiger partial charge is 0.444 e. The first-order valence-corrected chi connectivity index (χ1v) is 8.72. The third-order valence-electron chi connectivity index (χ3n) is 4.65. The lowest BCUT2D eigenvalue weighted by Gasteiger charge is -2.45. The summed E-state index contributed by atoms with van der Waals surface area (Å²) in [5.41, 5.74) is -0.456. The maximum atomic E-state index is 12.0. The molecule has 1 aliphatic carbocycles. The van der Waals surface area contributed by atoms with Gasteiger partial charge in [-0.15, -0.1) is 0 Å². The van der Waals surface area contributed by atoms with E-state index >= 15 is 0 Å². The van der Waals surface area contributed by atoms with Gasteiger partial charge in [-0.1, -0.05) is 6.42 Å². The van der Waals surface area contributed by atoms with Gasteiger partial charge >= 0.3 is 6.09 Å². The second-order valence-electron chi connectivity index (χ2n) is 7.85. The Morgan fingerprint density at radius 2 is 2.05 bits per heavy atom. The van der Waals surface area contributed by atoms with Crippen LogP contribution in [0.2, 0.25) is 0 Å². The Labute approximate surface area is 134 Å². The number of carbonyl (C=O) groups is 1. The molecule has 1 amide bonds. The Balaban J connectivity index is 1.88. The fraction of sp³-hybridized carbons (Fsp3) is 0.941. The number of aliphatic hydroxyl groups excluding tert-OH is 1. The number of alkyl carbamates (subject to hydrolysis) is 1. The number of rotatable bonds is 5. The highest BCUT2D eigenvalue weighted by atomic mass is 16.6. The van der Waals surface area contributed by atoms with E-state index in [1.807, 2.05) is 20.8 Å². The lowest BCUT2D eigenvalue weighted by Crippen LogP contribution is -2.55. The Morgan fingerprint density at radius 1 is 1.32 bits per heavy atom. The minimum atomic E-state index is -0.456. The van der Waals surface area contributed by atoms with Crippen molar-refractivity contribution in [3.05, 3.63) is 0 Å². The Hall–Kier alpha value is -0.810. The summed E-state index contributed by atoms with van der Waals surface area (Å²) in [5, 5.41) is 12.1. The van der Waals surface area contributed by atoms with Crippen LogP contribution in [-0.4, -0.2) is 53.5 Å². The predicted molar refractivity (Wildman–Crippen MR) is 86.8 cm³/mol. The van der Waals surface area contributed by atoms with Gasteiger partial charge in [-0.2, -0.15) is 0 Å². The van der Waals surface area contributed by atoms with Crippen LogP contribution in [0.1, 0.15) is 59.3 Å². The van der Waals surface area contributed by atoms with Gasteiger partial charge in [0.1, 0.15) is 5.60 Å². The molecule has 2 atom stereocenters. The number of hydrogen-bond donors (Lipinski definition) is 2. The summed E-state index contributed by atoms with van der Waals surface area (Å²) in [5.74, 6) is 0.557. The van der Waals surface area contributed by atoms with E-state index in [9.17, 15) is 4.79 Å². The molecule has 2 N–H and O–H groups in total. The quantitative estimate of drug-likeness (QED) is 0.819. The number of nitrogens with one attached hydrogen (secondary N) is 1. The summed E-state index contributed by atoms with van der Waals surface area (Å²) < 4.78 is 5.38. The number of ether oxygens (including phenoxy) is 1. The van der Waals surface area contributed by atoms with Crippen LogP contribution in [0.5, 0.6) is 0 Å². The molecule has 2 aliphatic rings. The first-order valence-electron chi connectivity index (χ1n) is 8.72. The number of aliphatic hydroxyl groups is 1. The Morgan fingerprint density at radius 3 is 2.59 bits per heavy atom. The molecular formula is C17H32N2O3. The molecule has 0 radical (unpaired) electrons. The van der Waals surface area contributed by atoms with Crippen molar-refractivity contribution in [3.63, 3.8) is 0 Å². The summed E-state index contributed by atoms with van der Waals surface area (Å²) in [7, 11) is 0. The first-order chi connectivity index (χ1) is 10.4. The van der Waals surface area contributed by atoms with Crippen molar-refractivity contribution in [1.82, 2.24) is 10.2 Å². The molecular weight excluding hydrogens is 280 g/mol. The van der Waals surface area contributed by atoms with Gasteiger partial charge in [0.25, 0.3) is 0 Å². The van der Waals surface area contributed by atoms with Crippen molar-refractivity contribution in [2.24, 2.45) is 5.92 Å². The maximum Gasteiger partial charge on any atom is 0.407 e. The summed E-state index contributed by atoms with van der Waals surface area (Å²) in [4.78, 5) is 14.6. The van der Waals surface area contributed by atoms with Crippen molar-refractivity contribution in [2.45, 2.75) is 77.0 Å².